The van der Waals surface area contributed by atoms with Crippen LogP contribution in [0.4, 0.5) is 0 Å². The van der Waals surface area contributed by atoms with E-state index in [0.717, 1.165) is 16.5 Å². The summed E-state index contributed by atoms with van der Waals surface area (Å²) in [5, 5.41) is 2.30. The standard InChI is InChI=1S/C21H20O2/c1-16(17-8-3-2-4-9-17)14-21(22)23-15-19-12-7-11-18-10-5-6-13-20(18)19/h2-13,16H,14-15H2,1H3/t16-/m1/s1. The first-order chi connectivity index (χ1) is 11.2. The van der Waals surface area contributed by atoms with Crippen molar-refractivity contribution in [1.82, 2.24) is 0 Å². The van der Waals surface area contributed by atoms with Crippen LogP contribution in [0.15, 0.2) is 72.8 Å². The number of fused-ring (bicyclic) bond motifs is 1. The smallest absolute Gasteiger partial charge is 0.306 e. The zero-order valence-electron chi connectivity index (χ0n) is 13.2. The third-order valence-corrected chi connectivity index (χ3v) is 4.11. The average molecular weight is 304 g/mol. The fraction of sp³-hybridized carbons (Fsp3) is 0.190. The lowest BCUT2D eigenvalue weighted by Crippen LogP contribution is -2.09. The van der Waals surface area contributed by atoms with Crippen LogP contribution in [0.2, 0.25) is 0 Å². The molecule has 0 N–H and O–H groups in total. The summed E-state index contributed by atoms with van der Waals surface area (Å²) in [6, 6.07) is 24.3. The van der Waals surface area contributed by atoms with Crippen LogP contribution >= 0.6 is 0 Å². The van der Waals surface area contributed by atoms with Crippen LogP contribution in [-0.4, -0.2) is 5.97 Å². The van der Waals surface area contributed by atoms with Gasteiger partial charge in [0.1, 0.15) is 6.61 Å². The Hall–Kier alpha value is -2.61. The molecule has 0 aliphatic carbocycles. The Kier molecular flexibility index (Phi) is 4.72. The van der Waals surface area contributed by atoms with E-state index in [9.17, 15) is 4.79 Å². The Labute approximate surface area is 136 Å². The van der Waals surface area contributed by atoms with Crippen molar-refractivity contribution in [3.05, 3.63) is 83.9 Å². The third-order valence-electron chi connectivity index (χ3n) is 4.11. The third kappa shape index (κ3) is 3.78. The summed E-state index contributed by atoms with van der Waals surface area (Å²) < 4.78 is 5.49. The molecule has 0 aliphatic rings. The van der Waals surface area contributed by atoms with Gasteiger partial charge in [-0.25, -0.2) is 0 Å². The first-order valence-corrected chi connectivity index (χ1v) is 7.91. The van der Waals surface area contributed by atoms with E-state index in [-0.39, 0.29) is 11.9 Å². The molecule has 3 rings (SSSR count). The van der Waals surface area contributed by atoms with Crippen molar-refractivity contribution in [2.75, 3.05) is 0 Å². The molecule has 1 atom stereocenters. The molecule has 0 unspecified atom stereocenters. The van der Waals surface area contributed by atoms with Crippen molar-refractivity contribution < 1.29 is 9.53 Å². The number of benzene rings is 3. The molecule has 3 aromatic carbocycles. The zero-order valence-corrected chi connectivity index (χ0v) is 13.2. The van der Waals surface area contributed by atoms with Crippen molar-refractivity contribution in [3.63, 3.8) is 0 Å². The molecule has 0 saturated heterocycles. The van der Waals surface area contributed by atoms with E-state index in [1.54, 1.807) is 0 Å². The second-order valence-corrected chi connectivity index (χ2v) is 5.81. The lowest BCUT2D eigenvalue weighted by Gasteiger charge is -2.12. The van der Waals surface area contributed by atoms with Gasteiger partial charge in [0.2, 0.25) is 0 Å². The van der Waals surface area contributed by atoms with Crippen molar-refractivity contribution >= 4 is 16.7 Å². The Morgan fingerprint density at radius 2 is 1.61 bits per heavy atom. The van der Waals surface area contributed by atoms with Crippen LogP contribution in [0.5, 0.6) is 0 Å². The van der Waals surface area contributed by atoms with E-state index in [1.165, 1.54) is 5.39 Å². The molecule has 0 amide bonds. The molecule has 0 heterocycles. The van der Waals surface area contributed by atoms with Crippen molar-refractivity contribution in [2.45, 2.75) is 25.9 Å². The first kappa shape index (κ1) is 15.3. The van der Waals surface area contributed by atoms with Crippen molar-refractivity contribution in [1.29, 1.82) is 0 Å². The molecule has 2 heteroatoms. The van der Waals surface area contributed by atoms with Crippen LogP contribution in [0.3, 0.4) is 0 Å². The second kappa shape index (κ2) is 7.10. The quantitative estimate of drug-likeness (QED) is 0.615. The normalized spacial score (nSPS) is 12.0. The van der Waals surface area contributed by atoms with Gasteiger partial charge >= 0.3 is 5.97 Å². The number of carbonyl (C=O) groups is 1. The van der Waals surface area contributed by atoms with Gasteiger partial charge in [-0.2, -0.15) is 0 Å². The van der Waals surface area contributed by atoms with Gasteiger partial charge in [-0.3, -0.25) is 4.79 Å². The van der Waals surface area contributed by atoms with Gasteiger partial charge in [0.25, 0.3) is 0 Å². The predicted octanol–water partition coefficient (Wildman–Crippen LogP) is 5.08. The molecule has 0 radical (unpaired) electrons. The van der Waals surface area contributed by atoms with Gasteiger partial charge in [0, 0.05) is 0 Å². The van der Waals surface area contributed by atoms with Gasteiger partial charge in [-0.1, -0.05) is 79.7 Å². The summed E-state index contributed by atoms with van der Waals surface area (Å²) in [4.78, 5) is 12.1. The lowest BCUT2D eigenvalue weighted by molar-refractivity contribution is -0.145. The number of ether oxygens (including phenoxy) is 1. The molecule has 0 fully saturated rings. The molecule has 116 valence electrons. The molecular weight excluding hydrogens is 284 g/mol. The van der Waals surface area contributed by atoms with Crippen molar-refractivity contribution in [3.8, 4) is 0 Å². The summed E-state index contributed by atoms with van der Waals surface area (Å²) >= 11 is 0. The van der Waals surface area contributed by atoms with Crippen molar-refractivity contribution in [2.24, 2.45) is 0 Å². The minimum Gasteiger partial charge on any atom is -0.461 e. The number of hydrogen-bond acceptors (Lipinski definition) is 2. The summed E-state index contributed by atoms with van der Waals surface area (Å²) in [6.07, 6.45) is 0.398. The number of carbonyl (C=O) groups excluding carboxylic acids is 1. The molecule has 0 aromatic heterocycles. The highest BCUT2D eigenvalue weighted by Crippen LogP contribution is 2.21. The van der Waals surface area contributed by atoms with E-state index in [4.69, 9.17) is 4.74 Å². The Balaban J connectivity index is 1.62. The maximum Gasteiger partial charge on any atom is 0.306 e. The first-order valence-electron chi connectivity index (χ1n) is 7.91. The molecule has 23 heavy (non-hydrogen) atoms. The van der Waals surface area contributed by atoms with Crippen LogP contribution in [0.1, 0.15) is 30.4 Å². The van der Waals surface area contributed by atoms with Gasteiger partial charge in [-0.05, 0) is 27.8 Å². The second-order valence-electron chi connectivity index (χ2n) is 5.81. The molecule has 0 saturated carbocycles. The molecule has 0 spiro atoms. The van der Waals surface area contributed by atoms with E-state index in [0.29, 0.717) is 13.0 Å². The summed E-state index contributed by atoms with van der Waals surface area (Å²) in [5.41, 5.74) is 2.21. The largest absolute Gasteiger partial charge is 0.461 e. The number of esters is 1. The van der Waals surface area contributed by atoms with Crippen LogP contribution in [0.25, 0.3) is 10.8 Å². The maximum absolute atomic E-state index is 12.1. The zero-order chi connectivity index (χ0) is 16.1. The van der Waals surface area contributed by atoms with Gasteiger partial charge in [-0.15, -0.1) is 0 Å². The fourth-order valence-electron chi connectivity index (χ4n) is 2.78. The molecular formula is C21H20O2. The van der Waals surface area contributed by atoms with E-state index in [2.05, 4.69) is 25.1 Å². The Morgan fingerprint density at radius 3 is 2.43 bits per heavy atom. The van der Waals surface area contributed by atoms with Crippen LogP contribution in [-0.2, 0) is 16.1 Å². The highest BCUT2D eigenvalue weighted by Gasteiger charge is 2.12. The molecule has 0 aliphatic heterocycles. The summed E-state index contributed by atoms with van der Waals surface area (Å²) in [7, 11) is 0. The highest BCUT2D eigenvalue weighted by molar-refractivity contribution is 5.85. The Morgan fingerprint density at radius 1 is 0.913 bits per heavy atom. The SMILES string of the molecule is C[C@H](CC(=O)OCc1cccc2ccccc12)c1ccccc1. The minimum atomic E-state index is -0.158. The Bertz CT molecular complexity index is 788. The van der Waals surface area contributed by atoms with Gasteiger partial charge in [0.15, 0.2) is 0 Å². The lowest BCUT2D eigenvalue weighted by atomic mass is 9.98. The number of rotatable bonds is 5. The minimum absolute atomic E-state index is 0.158. The fourth-order valence-corrected chi connectivity index (χ4v) is 2.78. The van der Waals surface area contributed by atoms with E-state index in [1.807, 2.05) is 54.6 Å². The van der Waals surface area contributed by atoms with Crippen LogP contribution < -0.4 is 0 Å². The highest BCUT2D eigenvalue weighted by atomic mass is 16.5. The molecule has 2 nitrogen and oxygen atoms in total. The van der Waals surface area contributed by atoms with E-state index >= 15 is 0 Å². The van der Waals surface area contributed by atoms with Gasteiger partial charge in [0.05, 0.1) is 6.42 Å². The summed E-state index contributed by atoms with van der Waals surface area (Å²) in [5.74, 6) is 0.00510. The number of hydrogen-bond donors (Lipinski definition) is 0. The molecule has 0 bridgehead atoms. The van der Waals surface area contributed by atoms with Gasteiger partial charge < -0.3 is 4.74 Å². The van der Waals surface area contributed by atoms with Crippen LogP contribution in [0, 0.1) is 0 Å². The average Bonchev–Trinajstić information content (AvgIpc) is 2.60. The summed E-state index contributed by atoms with van der Waals surface area (Å²) in [6.45, 7) is 2.37. The predicted molar refractivity (Wildman–Crippen MR) is 93.2 cm³/mol. The monoisotopic (exact) mass is 304 g/mol. The topological polar surface area (TPSA) is 26.3 Å². The maximum atomic E-state index is 12.1. The van der Waals surface area contributed by atoms with E-state index < -0.39 is 0 Å². The molecule has 3 aromatic rings.